The van der Waals surface area contributed by atoms with Gasteiger partial charge in [0.15, 0.2) is 0 Å². The molecule has 0 aliphatic heterocycles. The quantitative estimate of drug-likeness (QED) is 0.503. The maximum atomic E-state index is 5.65. The maximum Gasteiger partial charge on any atom is 0.0314 e. The lowest BCUT2D eigenvalue weighted by Crippen LogP contribution is -1.88. The summed E-state index contributed by atoms with van der Waals surface area (Å²) in [5.74, 6) is 0. The van der Waals surface area contributed by atoms with Gasteiger partial charge in [0.25, 0.3) is 0 Å². The summed E-state index contributed by atoms with van der Waals surface area (Å²) in [6.07, 6.45) is 10.9. The first kappa shape index (κ1) is 13.1. The highest BCUT2D eigenvalue weighted by Gasteiger charge is 1.94. The number of aryl methyl sites for hydroxylation is 1. The van der Waals surface area contributed by atoms with Gasteiger partial charge in [0.1, 0.15) is 0 Å². The van der Waals surface area contributed by atoms with Crippen LogP contribution in [0.3, 0.4) is 0 Å². The van der Waals surface area contributed by atoms with Crippen LogP contribution in [0.2, 0.25) is 0 Å². The second-order valence-corrected chi connectivity index (χ2v) is 4.61. The summed E-state index contributed by atoms with van der Waals surface area (Å²) >= 11 is 0. The molecule has 0 heterocycles. The molecule has 1 rings (SSSR count). The molecule has 1 aromatic carbocycles. The van der Waals surface area contributed by atoms with Gasteiger partial charge in [0.05, 0.1) is 0 Å². The predicted molar refractivity (Wildman–Crippen MR) is 72.6 cm³/mol. The zero-order valence-corrected chi connectivity index (χ0v) is 10.5. The smallest absolute Gasteiger partial charge is 0.0314 e. The molecule has 1 nitrogen and oxygen atoms in total. The lowest BCUT2D eigenvalue weighted by molar-refractivity contribution is 0.589. The fourth-order valence-electron chi connectivity index (χ4n) is 1.97. The van der Waals surface area contributed by atoms with Gasteiger partial charge in [-0.05, 0) is 30.5 Å². The van der Waals surface area contributed by atoms with Crippen LogP contribution in [-0.4, -0.2) is 0 Å². The van der Waals surface area contributed by atoms with Crippen molar-refractivity contribution in [2.24, 2.45) is 0 Å². The number of hydrogen-bond acceptors (Lipinski definition) is 1. The lowest BCUT2D eigenvalue weighted by Gasteiger charge is -2.02. The molecule has 0 radical (unpaired) electrons. The Labute approximate surface area is 100 Å². The highest BCUT2D eigenvalue weighted by molar-refractivity contribution is 5.39. The molecule has 0 bridgehead atoms. The van der Waals surface area contributed by atoms with Gasteiger partial charge in [-0.1, -0.05) is 57.6 Å². The highest BCUT2D eigenvalue weighted by atomic mass is 14.5. The van der Waals surface area contributed by atoms with Gasteiger partial charge < -0.3 is 5.73 Å². The minimum Gasteiger partial charge on any atom is -0.399 e. The van der Waals surface area contributed by atoms with Gasteiger partial charge in [-0.2, -0.15) is 0 Å². The van der Waals surface area contributed by atoms with Crippen LogP contribution in [-0.2, 0) is 6.42 Å². The summed E-state index contributed by atoms with van der Waals surface area (Å²) in [7, 11) is 0. The normalized spacial score (nSPS) is 10.6. The van der Waals surface area contributed by atoms with E-state index in [4.69, 9.17) is 5.73 Å². The lowest BCUT2D eigenvalue weighted by atomic mass is 10.0. The van der Waals surface area contributed by atoms with Crippen LogP contribution in [0.25, 0.3) is 0 Å². The first-order chi connectivity index (χ1) is 7.83. The first-order valence-electron chi connectivity index (χ1n) is 6.67. The molecule has 90 valence electrons. The largest absolute Gasteiger partial charge is 0.399 e. The molecular formula is C15H25N. The van der Waals surface area contributed by atoms with E-state index in [1.54, 1.807) is 0 Å². The molecule has 0 amide bonds. The number of unbranched alkanes of at least 4 members (excludes halogenated alkanes) is 6. The van der Waals surface area contributed by atoms with Crippen LogP contribution in [0.15, 0.2) is 24.3 Å². The van der Waals surface area contributed by atoms with Crippen LogP contribution in [0.5, 0.6) is 0 Å². The van der Waals surface area contributed by atoms with Gasteiger partial charge >= 0.3 is 0 Å². The number of benzene rings is 1. The van der Waals surface area contributed by atoms with Crippen molar-refractivity contribution >= 4 is 5.69 Å². The third-order valence-corrected chi connectivity index (χ3v) is 3.05. The second-order valence-electron chi connectivity index (χ2n) is 4.61. The summed E-state index contributed by atoms with van der Waals surface area (Å²) in [4.78, 5) is 0. The average Bonchev–Trinajstić information content (AvgIpc) is 2.30. The Hall–Kier alpha value is -0.980. The Morgan fingerprint density at radius 1 is 0.812 bits per heavy atom. The van der Waals surface area contributed by atoms with E-state index in [2.05, 4.69) is 19.1 Å². The van der Waals surface area contributed by atoms with Crippen LogP contribution in [0, 0.1) is 0 Å². The van der Waals surface area contributed by atoms with Crippen molar-refractivity contribution in [3.8, 4) is 0 Å². The van der Waals surface area contributed by atoms with Crippen molar-refractivity contribution in [1.29, 1.82) is 0 Å². The molecule has 0 unspecified atom stereocenters. The van der Waals surface area contributed by atoms with Gasteiger partial charge in [0.2, 0.25) is 0 Å². The van der Waals surface area contributed by atoms with E-state index in [1.165, 1.54) is 56.9 Å². The molecule has 0 saturated carbocycles. The standard InChI is InChI=1S/C15H25N/c1-2-3-4-5-6-7-8-9-14-10-12-15(16)13-11-14/h10-13H,2-9,16H2,1H3. The molecule has 0 atom stereocenters. The maximum absolute atomic E-state index is 5.65. The van der Waals surface area contributed by atoms with Gasteiger partial charge in [-0.3, -0.25) is 0 Å². The zero-order chi connectivity index (χ0) is 11.6. The van der Waals surface area contributed by atoms with E-state index in [0.717, 1.165) is 5.69 Å². The number of nitrogens with two attached hydrogens (primary N) is 1. The van der Waals surface area contributed by atoms with E-state index in [9.17, 15) is 0 Å². The van der Waals surface area contributed by atoms with Gasteiger partial charge in [-0.25, -0.2) is 0 Å². The minimum absolute atomic E-state index is 0.864. The van der Waals surface area contributed by atoms with Crippen molar-refractivity contribution in [3.63, 3.8) is 0 Å². The van der Waals surface area contributed by atoms with E-state index < -0.39 is 0 Å². The first-order valence-corrected chi connectivity index (χ1v) is 6.67. The Bertz CT molecular complexity index is 263. The third kappa shape index (κ3) is 5.79. The van der Waals surface area contributed by atoms with Crippen LogP contribution < -0.4 is 5.73 Å². The summed E-state index contributed by atoms with van der Waals surface area (Å²) < 4.78 is 0. The number of anilines is 1. The third-order valence-electron chi connectivity index (χ3n) is 3.05. The fraction of sp³-hybridized carbons (Fsp3) is 0.600. The summed E-state index contributed by atoms with van der Waals surface area (Å²) in [5.41, 5.74) is 7.93. The van der Waals surface area contributed by atoms with Crippen LogP contribution in [0.4, 0.5) is 5.69 Å². The van der Waals surface area contributed by atoms with E-state index in [0.29, 0.717) is 0 Å². The molecular weight excluding hydrogens is 194 g/mol. The monoisotopic (exact) mass is 219 g/mol. The Kier molecular flexibility index (Phi) is 6.71. The molecule has 0 fully saturated rings. The molecule has 0 spiro atoms. The van der Waals surface area contributed by atoms with Crippen LogP contribution >= 0.6 is 0 Å². The summed E-state index contributed by atoms with van der Waals surface area (Å²) in [6.45, 7) is 2.26. The topological polar surface area (TPSA) is 26.0 Å². The molecule has 1 heteroatoms. The number of nitrogen functional groups attached to an aromatic ring is 1. The Morgan fingerprint density at radius 3 is 2.00 bits per heavy atom. The predicted octanol–water partition coefficient (Wildman–Crippen LogP) is 4.56. The molecule has 16 heavy (non-hydrogen) atoms. The van der Waals surface area contributed by atoms with Crippen molar-refractivity contribution in [1.82, 2.24) is 0 Å². The Morgan fingerprint density at radius 2 is 1.38 bits per heavy atom. The highest BCUT2D eigenvalue weighted by Crippen LogP contribution is 2.11. The summed E-state index contributed by atoms with van der Waals surface area (Å²) in [6, 6.07) is 8.28. The Balaban J connectivity index is 2.01. The van der Waals surface area contributed by atoms with E-state index in [1.807, 2.05) is 12.1 Å². The molecule has 0 aliphatic carbocycles. The SMILES string of the molecule is CCCCCCCCCc1ccc(N)cc1. The van der Waals surface area contributed by atoms with E-state index >= 15 is 0 Å². The molecule has 2 N–H and O–H groups in total. The fourth-order valence-corrected chi connectivity index (χ4v) is 1.97. The molecule has 0 aromatic heterocycles. The van der Waals surface area contributed by atoms with Crippen molar-refractivity contribution in [2.75, 3.05) is 5.73 Å². The van der Waals surface area contributed by atoms with Crippen molar-refractivity contribution in [2.45, 2.75) is 58.3 Å². The van der Waals surface area contributed by atoms with E-state index in [-0.39, 0.29) is 0 Å². The molecule has 1 aromatic rings. The van der Waals surface area contributed by atoms with Gasteiger partial charge in [0, 0.05) is 5.69 Å². The second kappa shape index (κ2) is 8.20. The molecule has 0 saturated heterocycles. The minimum atomic E-state index is 0.864. The number of hydrogen-bond donors (Lipinski definition) is 1. The van der Waals surface area contributed by atoms with Gasteiger partial charge in [-0.15, -0.1) is 0 Å². The number of rotatable bonds is 8. The van der Waals surface area contributed by atoms with Crippen molar-refractivity contribution < 1.29 is 0 Å². The average molecular weight is 219 g/mol. The van der Waals surface area contributed by atoms with Crippen molar-refractivity contribution in [3.05, 3.63) is 29.8 Å². The van der Waals surface area contributed by atoms with Crippen LogP contribution in [0.1, 0.15) is 57.4 Å². The zero-order valence-electron chi connectivity index (χ0n) is 10.5. The summed E-state index contributed by atoms with van der Waals surface area (Å²) in [5, 5.41) is 0. The molecule has 0 aliphatic rings.